The number of carboxylic acid groups (broad SMARTS) is 1. The van der Waals surface area contributed by atoms with E-state index in [-0.39, 0.29) is 15.6 Å². The topological polar surface area (TPSA) is 130 Å². The number of hydrogen-bond acceptors (Lipinski definition) is 6. The van der Waals surface area contributed by atoms with Gasteiger partial charge >= 0.3 is 12.1 Å². The lowest BCUT2D eigenvalue weighted by Gasteiger charge is -2.30. The van der Waals surface area contributed by atoms with E-state index in [0.29, 0.717) is 5.69 Å². The fourth-order valence-corrected chi connectivity index (χ4v) is 3.84. The van der Waals surface area contributed by atoms with Gasteiger partial charge in [0.2, 0.25) is 0 Å². The fraction of sp³-hybridized carbons (Fsp3) is 0.389. The number of H-pyrrole nitrogens is 1. The molecule has 1 atom stereocenters. The van der Waals surface area contributed by atoms with E-state index in [1.807, 2.05) is 0 Å². The average molecular weight is 409 g/mol. The molecule has 10 heteroatoms. The van der Waals surface area contributed by atoms with Crippen LogP contribution < -0.4 is 0 Å². The highest BCUT2D eigenvalue weighted by molar-refractivity contribution is 7.89. The molecule has 152 valence electrons. The Kier molecular flexibility index (Phi) is 6.13. The smallest absolute Gasteiger partial charge is 0.425 e. The number of aromatic nitrogens is 2. The molecule has 1 aromatic carbocycles. The van der Waals surface area contributed by atoms with Crippen molar-refractivity contribution in [3.63, 3.8) is 0 Å². The van der Waals surface area contributed by atoms with E-state index in [4.69, 9.17) is 4.74 Å². The van der Waals surface area contributed by atoms with Gasteiger partial charge in [-0.05, 0) is 39.8 Å². The van der Waals surface area contributed by atoms with Crippen LogP contribution in [-0.2, 0) is 26.0 Å². The van der Waals surface area contributed by atoms with E-state index in [9.17, 15) is 23.1 Å². The molecule has 0 radical (unpaired) electrons. The molecule has 2 rings (SSSR count). The molecule has 0 saturated carbocycles. The van der Waals surface area contributed by atoms with Gasteiger partial charge in [0, 0.05) is 18.3 Å². The SMILES string of the molecule is Cc1ccc(S(=O)(=O)N(C(=O)OC(C)(C)C)[C@@H](Cc2cnc[nH]2)C(=O)O)cc1. The van der Waals surface area contributed by atoms with E-state index in [0.717, 1.165) is 5.56 Å². The van der Waals surface area contributed by atoms with Crippen molar-refractivity contribution in [1.82, 2.24) is 14.3 Å². The zero-order valence-electron chi connectivity index (χ0n) is 16.0. The van der Waals surface area contributed by atoms with Gasteiger partial charge in [-0.2, -0.15) is 4.31 Å². The number of hydrogen-bond donors (Lipinski definition) is 2. The predicted molar refractivity (Wildman–Crippen MR) is 100 cm³/mol. The van der Waals surface area contributed by atoms with Crippen molar-refractivity contribution < 1.29 is 27.9 Å². The molecule has 1 amide bonds. The molecule has 2 aromatic rings. The highest BCUT2D eigenvalue weighted by Crippen LogP contribution is 2.24. The van der Waals surface area contributed by atoms with Gasteiger partial charge in [0.05, 0.1) is 11.2 Å². The van der Waals surface area contributed by atoms with Gasteiger partial charge in [0.1, 0.15) is 5.60 Å². The number of nitrogens with zero attached hydrogens (tertiary/aromatic N) is 2. The number of sulfonamides is 1. The minimum atomic E-state index is -4.49. The monoisotopic (exact) mass is 409 g/mol. The number of benzene rings is 1. The van der Waals surface area contributed by atoms with Gasteiger partial charge < -0.3 is 14.8 Å². The predicted octanol–water partition coefficient (Wildman–Crippen LogP) is 2.34. The quantitative estimate of drug-likeness (QED) is 0.749. The van der Waals surface area contributed by atoms with Crippen LogP contribution in [0.4, 0.5) is 4.79 Å². The first-order valence-electron chi connectivity index (χ1n) is 8.46. The Bertz CT molecular complexity index is 931. The molecule has 0 aliphatic rings. The van der Waals surface area contributed by atoms with Crippen LogP contribution in [0.3, 0.4) is 0 Å². The maximum atomic E-state index is 13.2. The standard InChI is InChI=1S/C18H23N3O6S/c1-12-5-7-14(8-6-12)28(25,26)21(17(24)27-18(2,3)4)15(16(22)23)9-13-10-19-11-20-13/h5-8,10-11,15H,9H2,1-4H3,(H,19,20)(H,22,23)/t15-/m0/s1. The van der Waals surface area contributed by atoms with Crippen LogP contribution in [0.5, 0.6) is 0 Å². The number of aromatic amines is 1. The number of carbonyl (C=O) groups is 2. The van der Waals surface area contributed by atoms with Crippen LogP contribution in [-0.4, -0.2) is 51.5 Å². The summed E-state index contributed by atoms with van der Waals surface area (Å²) in [6.07, 6.45) is 1.14. The van der Waals surface area contributed by atoms with Crippen molar-refractivity contribution in [1.29, 1.82) is 0 Å². The van der Waals surface area contributed by atoms with Gasteiger partial charge in [-0.1, -0.05) is 17.7 Å². The van der Waals surface area contributed by atoms with Gasteiger partial charge in [-0.25, -0.2) is 23.0 Å². The van der Waals surface area contributed by atoms with Gasteiger partial charge in [-0.3, -0.25) is 0 Å². The van der Waals surface area contributed by atoms with E-state index in [2.05, 4.69) is 9.97 Å². The van der Waals surface area contributed by atoms with Crippen molar-refractivity contribution in [3.8, 4) is 0 Å². The molecule has 1 aromatic heterocycles. The Morgan fingerprint density at radius 1 is 1.25 bits per heavy atom. The lowest BCUT2D eigenvalue weighted by molar-refractivity contribution is -0.141. The van der Waals surface area contributed by atoms with Gasteiger partial charge in [-0.15, -0.1) is 0 Å². The Morgan fingerprint density at radius 3 is 2.32 bits per heavy atom. The number of carbonyl (C=O) groups excluding carboxylic acids is 1. The molecule has 0 fully saturated rings. The fourth-order valence-electron chi connectivity index (χ4n) is 2.40. The summed E-state index contributed by atoms with van der Waals surface area (Å²) in [6, 6.07) is 4.03. The van der Waals surface area contributed by atoms with Crippen molar-refractivity contribution in [2.75, 3.05) is 0 Å². The molecule has 0 aliphatic heterocycles. The lowest BCUT2D eigenvalue weighted by Crippen LogP contribution is -2.51. The molecule has 0 unspecified atom stereocenters. The van der Waals surface area contributed by atoms with E-state index in [1.165, 1.54) is 24.7 Å². The largest absolute Gasteiger partial charge is 0.480 e. The average Bonchev–Trinajstić information content (AvgIpc) is 3.05. The summed E-state index contributed by atoms with van der Waals surface area (Å²) in [4.78, 5) is 31.0. The molecule has 28 heavy (non-hydrogen) atoms. The normalized spacial score (nSPS) is 13.0. The zero-order valence-corrected chi connectivity index (χ0v) is 16.9. The maximum absolute atomic E-state index is 13.2. The molecule has 0 saturated heterocycles. The lowest BCUT2D eigenvalue weighted by atomic mass is 10.1. The summed E-state index contributed by atoms with van der Waals surface area (Å²) in [5.74, 6) is -1.49. The number of ether oxygens (including phenoxy) is 1. The Morgan fingerprint density at radius 2 is 1.86 bits per heavy atom. The third kappa shape index (κ3) is 5.10. The molecular weight excluding hydrogens is 386 g/mol. The third-order valence-corrected chi connectivity index (χ3v) is 5.48. The summed E-state index contributed by atoms with van der Waals surface area (Å²) < 4.78 is 31.8. The first-order chi connectivity index (χ1) is 12.9. The second-order valence-electron chi connectivity index (χ2n) is 7.23. The van der Waals surface area contributed by atoms with E-state index < -0.39 is 33.7 Å². The molecular formula is C18H23N3O6S. The molecule has 0 spiro atoms. The number of aryl methyl sites for hydroxylation is 1. The molecule has 1 heterocycles. The van der Waals surface area contributed by atoms with Crippen LogP contribution in [0.1, 0.15) is 32.0 Å². The summed E-state index contributed by atoms with van der Waals surface area (Å²) in [5, 5.41) is 9.70. The van der Waals surface area contributed by atoms with Crippen LogP contribution >= 0.6 is 0 Å². The van der Waals surface area contributed by atoms with Crippen molar-refractivity contribution >= 4 is 22.1 Å². The summed E-state index contributed by atoms with van der Waals surface area (Å²) in [5.41, 5.74) is 0.157. The Hall–Kier alpha value is -2.88. The number of amides is 1. The number of imidazole rings is 1. The number of carboxylic acids is 1. The van der Waals surface area contributed by atoms with Crippen LogP contribution in [0.2, 0.25) is 0 Å². The zero-order chi connectivity index (χ0) is 21.1. The van der Waals surface area contributed by atoms with Gasteiger partial charge in [0.15, 0.2) is 6.04 Å². The summed E-state index contributed by atoms with van der Waals surface area (Å²) >= 11 is 0. The maximum Gasteiger partial charge on any atom is 0.425 e. The minimum Gasteiger partial charge on any atom is -0.480 e. The van der Waals surface area contributed by atoms with Gasteiger partial charge in [0.25, 0.3) is 10.0 Å². The van der Waals surface area contributed by atoms with Crippen LogP contribution in [0.25, 0.3) is 0 Å². The second kappa shape index (κ2) is 8.01. The minimum absolute atomic E-state index is 0.209. The van der Waals surface area contributed by atoms with Crippen LogP contribution in [0.15, 0.2) is 41.7 Å². The van der Waals surface area contributed by atoms with Crippen LogP contribution in [0, 0.1) is 6.92 Å². The Labute approximate surface area is 163 Å². The third-order valence-electron chi connectivity index (χ3n) is 3.69. The summed E-state index contributed by atoms with van der Waals surface area (Å²) in [7, 11) is -4.49. The highest BCUT2D eigenvalue weighted by Gasteiger charge is 2.42. The molecule has 2 N–H and O–H groups in total. The molecule has 0 aliphatic carbocycles. The summed E-state index contributed by atoms with van der Waals surface area (Å²) in [6.45, 7) is 6.46. The molecule has 9 nitrogen and oxygen atoms in total. The molecule has 0 bridgehead atoms. The first-order valence-corrected chi connectivity index (χ1v) is 9.90. The number of nitrogens with one attached hydrogen (secondary N) is 1. The first kappa shape index (κ1) is 21.4. The van der Waals surface area contributed by atoms with Crippen molar-refractivity contribution in [3.05, 3.63) is 48.0 Å². The van der Waals surface area contributed by atoms with E-state index in [1.54, 1.807) is 39.8 Å². The second-order valence-corrected chi connectivity index (χ2v) is 9.04. The van der Waals surface area contributed by atoms with Crippen molar-refractivity contribution in [2.24, 2.45) is 0 Å². The number of aliphatic carboxylic acids is 1. The number of rotatable bonds is 6. The van der Waals surface area contributed by atoms with Crippen molar-refractivity contribution in [2.45, 2.75) is 50.7 Å². The highest BCUT2D eigenvalue weighted by atomic mass is 32.2. The Balaban J connectivity index is 2.55. The van der Waals surface area contributed by atoms with E-state index >= 15 is 0 Å².